The Kier molecular flexibility index (Phi) is 9.58. The summed E-state index contributed by atoms with van der Waals surface area (Å²) < 4.78 is 10.8. The highest BCUT2D eigenvalue weighted by Crippen LogP contribution is 2.19. The second-order valence-corrected chi connectivity index (χ2v) is 4.75. The number of nitrogens with one attached hydrogen (secondary N) is 1. The normalized spacial score (nSPS) is 12.8. The third-order valence-electron chi connectivity index (χ3n) is 2.88. The van der Waals surface area contributed by atoms with Crippen LogP contribution in [-0.4, -0.2) is 31.7 Å². The molecule has 0 saturated carbocycles. The molecule has 6 heteroatoms. The molecule has 2 atom stereocenters. The lowest BCUT2D eigenvalue weighted by molar-refractivity contribution is -0.122. The third kappa shape index (κ3) is 7.20. The Morgan fingerprint density at radius 1 is 1.38 bits per heavy atom. The van der Waals surface area contributed by atoms with E-state index in [1.807, 2.05) is 32.0 Å². The van der Waals surface area contributed by atoms with Crippen molar-refractivity contribution in [3.63, 3.8) is 0 Å². The van der Waals surface area contributed by atoms with E-state index >= 15 is 0 Å². The first kappa shape index (κ1) is 19.5. The molecule has 21 heavy (non-hydrogen) atoms. The number of rotatable bonds is 8. The second kappa shape index (κ2) is 10.3. The maximum Gasteiger partial charge on any atom is 0.237 e. The molecular formula is C15H25ClN2O3. The second-order valence-electron chi connectivity index (χ2n) is 4.75. The van der Waals surface area contributed by atoms with Gasteiger partial charge in [0, 0.05) is 6.07 Å². The number of nitrogens with two attached hydrogens (primary N) is 1. The molecule has 0 fully saturated rings. The first-order valence-electron chi connectivity index (χ1n) is 6.90. The summed E-state index contributed by atoms with van der Waals surface area (Å²) in [6.45, 7) is 4.32. The SMILES string of the molecule is CCCC(N)C(=O)NCC(C)Oc1cccc(OC)c1.Cl. The molecule has 0 radical (unpaired) electrons. The summed E-state index contributed by atoms with van der Waals surface area (Å²) in [5.74, 6) is 1.32. The molecule has 120 valence electrons. The fourth-order valence-corrected chi connectivity index (χ4v) is 1.77. The van der Waals surface area contributed by atoms with Crippen LogP contribution in [0.25, 0.3) is 0 Å². The zero-order valence-corrected chi connectivity index (χ0v) is 13.6. The summed E-state index contributed by atoms with van der Waals surface area (Å²) in [5.41, 5.74) is 5.74. The molecule has 0 heterocycles. The van der Waals surface area contributed by atoms with Crippen LogP contribution < -0.4 is 20.5 Å². The van der Waals surface area contributed by atoms with Gasteiger partial charge in [-0.2, -0.15) is 0 Å². The molecule has 0 saturated heterocycles. The number of benzene rings is 1. The van der Waals surface area contributed by atoms with Gasteiger partial charge in [-0.1, -0.05) is 19.4 Å². The molecule has 1 rings (SSSR count). The van der Waals surface area contributed by atoms with Crippen LogP contribution in [0.3, 0.4) is 0 Å². The van der Waals surface area contributed by atoms with Gasteiger partial charge in [-0.15, -0.1) is 12.4 Å². The highest BCUT2D eigenvalue weighted by atomic mass is 35.5. The van der Waals surface area contributed by atoms with Crippen molar-refractivity contribution in [3.8, 4) is 11.5 Å². The van der Waals surface area contributed by atoms with Gasteiger partial charge in [-0.3, -0.25) is 4.79 Å². The molecule has 1 aromatic carbocycles. The molecule has 0 spiro atoms. The van der Waals surface area contributed by atoms with Crippen LogP contribution in [0.2, 0.25) is 0 Å². The fraction of sp³-hybridized carbons (Fsp3) is 0.533. The van der Waals surface area contributed by atoms with E-state index in [1.54, 1.807) is 13.2 Å². The van der Waals surface area contributed by atoms with Crippen molar-refractivity contribution >= 4 is 18.3 Å². The van der Waals surface area contributed by atoms with E-state index in [2.05, 4.69) is 5.32 Å². The standard InChI is InChI=1S/C15H24N2O3.ClH/c1-4-6-14(16)15(18)17-10-11(2)20-13-8-5-7-12(9-13)19-3;/h5,7-9,11,14H,4,6,10,16H2,1-3H3,(H,17,18);1H. The first-order valence-corrected chi connectivity index (χ1v) is 6.90. The van der Waals surface area contributed by atoms with Crippen LogP contribution in [-0.2, 0) is 4.79 Å². The first-order chi connectivity index (χ1) is 9.56. The lowest BCUT2D eigenvalue weighted by atomic mass is 10.1. The smallest absolute Gasteiger partial charge is 0.237 e. The van der Waals surface area contributed by atoms with E-state index in [4.69, 9.17) is 15.2 Å². The van der Waals surface area contributed by atoms with E-state index in [1.165, 1.54) is 0 Å². The summed E-state index contributed by atoms with van der Waals surface area (Å²) in [4.78, 5) is 11.7. The predicted molar refractivity (Wildman–Crippen MR) is 86.2 cm³/mol. The van der Waals surface area contributed by atoms with Gasteiger partial charge in [0.15, 0.2) is 0 Å². The summed E-state index contributed by atoms with van der Waals surface area (Å²) in [5, 5.41) is 2.80. The van der Waals surface area contributed by atoms with Gasteiger partial charge in [0.25, 0.3) is 0 Å². The predicted octanol–water partition coefficient (Wildman–Crippen LogP) is 2.13. The molecular weight excluding hydrogens is 292 g/mol. The number of methoxy groups -OCH3 is 1. The number of hydrogen-bond acceptors (Lipinski definition) is 4. The van der Waals surface area contributed by atoms with Crippen molar-refractivity contribution in [3.05, 3.63) is 24.3 Å². The van der Waals surface area contributed by atoms with Crippen LogP contribution in [0.15, 0.2) is 24.3 Å². The topological polar surface area (TPSA) is 73.6 Å². The van der Waals surface area contributed by atoms with Crippen molar-refractivity contribution in [1.82, 2.24) is 5.32 Å². The van der Waals surface area contributed by atoms with E-state index in [-0.39, 0.29) is 24.4 Å². The van der Waals surface area contributed by atoms with Crippen molar-refractivity contribution in [1.29, 1.82) is 0 Å². The van der Waals surface area contributed by atoms with E-state index in [0.717, 1.165) is 12.2 Å². The number of halogens is 1. The molecule has 0 aromatic heterocycles. The highest BCUT2D eigenvalue weighted by molar-refractivity contribution is 5.85. The molecule has 1 aromatic rings. The maximum atomic E-state index is 11.7. The largest absolute Gasteiger partial charge is 0.497 e. The van der Waals surface area contributed by atoms with Crippen LogP contribution in [0.1, 0.15) is 26.7 Å². The Labute approximate surface area is 132 Å². The summed E-state index contributed by atoms with van der Waals surface area (Å²) in [6.07, 6.45) is 1.45. The summed E-state index contributed by atoms with van der Waals surface area (Å²) in [7, 11) is 1.61. The van der Waals surface area contributed by atoms with E-state index < -0.39 is 6.04 Å². The average Bonchev–Trinajstić information content (AvgIpc) is 2.45. The summed E-state index contributed by atoms with van der Waals surface area (Å²) in [6, 6.07) is 6.92. The van der Waals surface area contributed by atoms with Gasteiger partial charge in [0.2, 0.25) is 5.91 Å². The van der Waals surface area contributed by atoms with Crippen molar-refractivity contribution in [2.75, 3.05) is 13.7 Å². The Morgan fingerprint density at radius 3 is 2.67 bits per heavy atom. The average molecular weight is 317 g/mol. The van der Waals surface area contributed by atoms with Crippen molar-refractivity contribution in [2.24, 2.45) is 5.73 Å². The minimum atomic E-state index is -0.441. The zero-order chi connectivity index (χ0) is 15.0. The molecule has 1 amide bonds. The van der Waals surface area contributed by atoms with E-state index in [0.29, 0.717) is 18.7 Å². The Balaban J connectivity index is 0.00000400. The lowest BCUT2D eigenvalue weighted by Crippen LogP contribution is -2.43. The molecule has 3 N–H and O–H groups in total. The van der Waals surface area contributed by atoms with Crippen LogP contribution in [0.4, 0.5) is 0 Å². The van der Waals surface area contributed by atoms with E-state index in [9.17, 15) is 4.79 Å². The van der Waals surface area contributed by atoms with Crippen molar-refractivity contribution < 1.29 is 14.3 Å². The van der Waals surface area contributed by atoms with Gasteiger partial charge >= 0.3 is 0 Å². The zero-order valence-electron chi connectivity index (χ0n) is 12.8. The number of amides is 1. The Morgan fingerprint density at radius 2 is 2.05 bits per heavy atom. The molecule has 0 aliphatic rings. The molecule has 2 unspecified atom stereocenters. The highest BCUT2D eigenvalue weighted by Gasteiger charge is 2.13. The number of carbonyl (C=O) groups excluding carboxylic acids is 1. The quantitative estimate of drug-likeness (QED) is 0.770. The summed E-state index contributed by atoms with van der Waals surface area (Å²) >= 11 is 0. The fourth-order valence-electron chi connectivity index (χ4n) is 1.77. The lowest BCUT2D eigenvalue weighted by Gasteiger charge is -2.17. The Hall–Kier alpha value is -1.46. The third-order valence-corrected chi connectivity index (χ3v) is 2.88. The van der Waals surface area contributed by atoms with Crippen LogP contribution >= 0.6 is 12.4 Å². The minimum Gasteiger partial charge on any atom is -0.497 e. The minimum absolute atomic E-state index is 0. The van der Waals surface area contributed by atoms with Gasteiger partial charge in [-0.05, 0) is 25.5 Å². The number of carbonyl (C=O) groups is 1. The number of ether oxygens (including phenoxy) is 2. The molecule has 0 aliphatic carbocycles. The maximum absolute atomic E-state index is 11.7. The van der Waals surface area contributed by atoms with Crippen molar-refractivity contribution in [2.45, 2.75) is 38.8 Å². The van der Waals surface area contributed by atoms with Gasteiger partial charge in [0.05, 0.1) is 19.7 Å². The Bertz CT molecular complexity index is 429. The van der Waals surface area contributed by atoms with Crippen LogP contribution in [0, 0.1) is 0 Å². The number of hydrogen-bond donors (Lipinski definition) is 2. The van der Waals surface area contributed by atoms with Crippen LogP contribution in [0.5, 0.6) is 11.5 Å². The monoisotopic (exact) mass is 316 g/mol. The molecule has 0 aliphatic heterocycles. The molecule has 0 bridgehead atoms. The van der Waals surface area contributed by atoms with Gasteiger partial charge < -0.3 is 20.5 Å². The molecule has 5 nitrogen and oxygen atoms in total. The van der Waals surface area contributed by atoms with Gasteiger partial charge in [-0.25, -0.2) is 0 Å². The van der Waals surface area contributed by atoms with Gasteiger partial charge in [0.1, 0.15) is 17.6 Å².